The lowest BCUT2D eigenvalue weighted by Gasteiger charge is -2.26. The SMILES string of the molecule is C[C@@H](OC(=O)C1=Cc2cc(Cl)ccc2OC1)C(=O)N(C)[C@@H]1CCS(=O)(=O)C1. The molecule has 0 saturated carbocycles. The van der Waals surface area contributed by atoms with Crippen LogP contribution in [0.1, 0.15) is 18.9 Å². The van der Waals surface area contributed by atoms with Gasteiger partial charge in [-0.25, -0.2) is 13.2 Å². The van der Waals surface area contributed by atoms with Crippen LogP contribution < -0.4 is 4.74 Å². The molecule has 1 fully saturated rings. The van der Waals surface area contributed by atoms with E-state index in [1.165, 1.54) is 18.9 Å². The smallest absolute Gasteiger partial charge is 0.338 e. The summed E-state index contributed by atoms with van der Waals surface area (Å²) in [7, 11) is -1.58. The number of fused-ring (bicyclic) bond motifs is 1. The van der Waals surface area contributed by atoms with Gasteiger partial charge in [-0.15, -0.1) is 0 Å². The number of amides is 1. The zero-order chi connectivity index (χ0) is 19.8. The third-order valence-electron chi connectivity index (χ3n) is 4.68. The molecule has 0 aliphatic carbocycles. The van der Waals surface area contributed by atoms with Gasteiger partial charge in [0.1, 0.15) is 12.4 Å². The van der Waals surface area contributed by atoms with Crippen LogP contribution in [0, 0.1) is 0 Å². The minimum atomic E-state index is -3.11. The Morgan fingerprint density at radius 3 is 2.78 bits per heavy atom. The molecule has 0 aromatic heterocycles. The van der Waals surface area contributed by atoms with Crippen LogP contribution in [0.3, 0.4) is 0 Å². The highest BCUT2D eigenvalue weighted by molar-refractivity contribution is 7.91. The summed E-state index contributed by atoms with van der Waals surface area (Å²) in [4.78, 5) is 26.2. The summed E-state index contributed by atoms with van der Waals surface area (Å²) >= 11 is 5.95. The van der Waals surface area contributed by atoms with E-state index in [2.05, 4.69) is 0 Å². The van der Waals surface area contributed by atoms with Gasteiger partial charge in [0.25, 0.3) is 5.91 Å². The zero-order valence-corrected chi connectivity index (χ0v) is 16.5. The van der Waals surface area contributed by atoms with Crippen molar-refractivity contribution in [2.45, 2.75) is 25.5 Å². The van der Waals surface area contributed by atoms with Crippen LogP contribution in [0.25, 0.3) is 6.08 Å². The van der Waals surface area contributed by atoms with E-state index < -0.39 is 33.9 Å². The molecule has 1 saturated heterocycles. The molecule has 0 unspecified atom stereocenters. The highest BCUT2D eigenvalue weighted by atomic mass is 35.5. The molecule has 0 bridgehead atoms. The second-order valence-corrected chi connectivity index (χ2v) is 9.36. The van der Waals surface area contributed by atoms with Crippen LogP contribution in [0.15, 0.2) is 23.8 Å². The molecule has 0 N–H and O–H groups in total. The number of hydrogen-bond acceptors (Lipinski definition) is 6. The van der Waals surface area contributed by atoms with Gasteiger partial charge in [-0.3, -0.25) is 4.79 Å². The Bertz CT molecular complexity index is 910. The van der Waals surface area contributed by atoms with Crippen molar-refractivity contribution in [2.75, 3.05) is 25.2 Å². The zero-order valence-electron chi connectivity index (χ0n) is 15.0. The Morgan fingerprint density at radius 2 is 2.11 bits per heavy atom. The minimum absolute atomic E-state index is 0.0328. The van der Waals surface area contributed by atoms with Crippen molar-refractivity contribution in [3.05, 3.63) is 34.4 Å². The standard InChI is InChI=1S/C18H20ClNO6S/c1-11(17(21)20(2)15-5-6-27(23,24)10-15)26-18(22)13-7-12-8-14(19)3-4-16(12)25-9-13/h3-4,7-8,11,15H,5-6,9-10H2,1-2H3/t11-,15-/m1/s1. The summed E-state index contributed by atoms with van der Waals surface area (Å²) in [6, 6.07) is 4.69. The van der Waals surface area contributed by atoms with Crippen molar-refractivity contribution < 1.29 is 27.5 Å². The molecule has 2 aliphatic heterocycles. The predicted molar refractivity (Wildman–Crippen MR) is 100 cm³/mol. The topological polar surface area (TPSA) is 90.0 Å². The van der Waals surface area contributed by atoms with E-state index >= 15 is 0 Å². The number of carbonyl (C=O) groups excluding carboxylic acids is 2. The highest BCUT2D eigenvalue weighted by Crippen LogP contribution is 2.29. The molecular formula is C18H20ClNO6S. The van der Waals surface area contributed by atoms with Crippen LogP contribution >= 0.6 is 11.6 Å². The molecule has 9 heteroatoms. The van der Waals surface area contributed by atoms with Crippen LogP contribution in [-0.4, -0.2) is 62.5 Å². The van der Waals surface area contributed by atoms with E-state index in [1.807, 2.05) is 0 Å². The Balaban J connectivity index is 1.64. The number of carbonyl (C=O) groups is 2. The lowest BCUT2D eigenvalue weighted by molar-refractivity contribution is -0.156. The molecule has 1 amide bonds. The molecule has 2 heterocycles. The molecule has 0 radical (unpaired) electrons. The molecule has 7 nitrogen and oxygen atoms in total. The molecule has 146 valence electrons. The maximum Gasteiger partial charge on any atom is 0.338 e. The maximum absolute atomic E-state index is 12.5. The van der Waals surface area contributed by atoms with Crippen LogP contribution in [0.2, 0.25) is 5.02 Å². The quantitative estimate of drug-likeness (QED) is 0.698. The number of benzene rings is 1. The average molecular weight is 414 g/mol. The molecular weight excluding hydrogens is 394 g/mol. The molecule has 3 rings (SSSR count). The monoisotopic (exact) mass is 413 g/mol. The van der Waals surface area contributed by atoms with Crippen molar-refractivity contribution in [1.29, 1.82) is 0 Å². The van der Waals surface area contributed by atoms with Gasteiger partial charge in [-0.1, -0.05) is 11.6 Å². The van der Waals surface area contributed by atoms with Crippen LogP contribution in [0.5, 0.6) is 5.75 Å². The summed E-state index contributed by atoms with van der Waals surface area (Å²) in [6.45, 7) is 1.50. The van der Waals surface area contributed by atoms with Crippen molar-refractivity contribution in [1.82, 2.24) is 4.90 Å². The first-order chi connectivity index (χ1) is 12.7. The van der Waals surface area contributed by atoms with Gasteiger partial charge in [0.05, 0.1) is 17.1 Å². The fourth-order valence-corrected chi connectivity index (χ4v) is 5.06. The number of esters is 1. The Hall–Kier alpha value is -2.06. The number of hydrogen-bond donors (Lipinski definition) is 0. The Kier molecular flexibility index (Phi) is 5.48. The highest BCUT2D eigenvalue weighted by Gasteiger charge is 2.35. The van der Waals surface area contributed by atoms with Gasteiger partial charge in [0, 0.05) is 23.7 Å². The second-order valence-electron chi connectivity index (χ2n) is 6.69. The molecule has 1 aromatic rings. The van der Waals surface area contributed by atoms with Crippen LogP contribution in [0.4, 0.5) is 0 Å². The molecule has 2 aliphatic rings. The summed E-state index contributed by atoms with van der Waals surface area (Å²) in [6.07, 6.45) is 0.978. The average Bonchev–Trinajstić information content (AvgIpc) is 2.99. The van der Waals surface area contributed by atoms with Crippen molar-refractivity contribution >= 4 is 39.4 Å². The number of ether oxygens (including phenoxy) is 2. The number of halogens is 1. The van der Waals surface area contributed by atoms with E-state index in [4.69, 9.17) is 21.1 Å². The number of nitrogens with zero attached hydrogens (tertiary/aromatic N) is 1. The number of rotatable bonds is 4. The Morgan fingerprint density at radius 1 is 1.37 bits per heavy atom. The van der Waals surface area contributed by atoms with E-state index in [1.54, 1.807) is 24.3 Å². The van der Waals surface area contributed by atoms with E-state index in [9.17, 15) is 18.0 Å². The molecule has 2 atom stereocenters. The maximum atomic E-state index is 12.5. The molecule has 0 spiro atoms. The summed E-state index contributed by atoms with van der Waals surface area (Å²) < 4.78 is 34.0. The lowest BCUT2D eigenvalue weighted by atomic mass is 10.1. The minimum Gasteiger partial charge on any atom is -0.488 e. The van der Waals surface area contributed by atoms with E-state index in [-0.39, 0.29) is 23.7 Å². The van der Waals surface area contributed by atoms with Gasteiger partial charge in [-0.05, 0) is 37.6 Å². The second kappa shape index (κ2) is 7.52. The lowest BCUT2D eigenvalue weighted by Crippen LogP contribution is -2.44. The first-order valence-corrected chi connectivity index (χ1v) is 10.7. The van der Waals surface area contributed by atoms with Gasteiger partial charge >= 0.3 is 5.97 Å². The van der Waals surface area contributed by atoms with Crippen LogP contribution in [-0.2, 0) is 24.2 Å². The third-order valence-corrected chi connectivity index (χ3v) is 6.67. The van der Waals surface area contributed by atoms with Crippen molar-refractivity contribution in [2.24, 2.45) is 0 Å². The van der Waals surface area contributed by atoms with Crippen molar-refractivity contribution in [3.63, 3.8) is 0 Å². The summed E-state index contributed by atoms with van der Waals surface area (Å²) in [5, 5.41) is 0.514. The van der Waals surface area contributed by atoms with E-state index in [0.29, 0.717) is 22.8 Å². The first kappa shape index (κ1) is 19.7. The van der Waals surface area contributed by atoms with Gasteiger partial charge in [0.15, 0.2) is 15.9 Å². The largest absolute Gasteiger partial charge is 0.488 e. The van der Waals surface area contributed by atoms with Gasteiger partial charge in [0.2, 0.25) is 0 Å². The molecule has 27 heavy (non-hydrogen) atoms. The summed E-state index contributed by atoms with van der Waals surface area (Å²) in [5.41, 5.74) is 0.934. The van der Waals surface area contributed by atoms with Gasteiger partial charge < -0.3 is 14.4 Å². The van der Waals surface area contributed by atoms with E-state index in [0.717, 1.165) is 0 Å². The number of likely N-dealkylation sites (N-methyl/N-ethyl adjacent to an activating group) is 1. The van der Waals surface area contributed by atoms with Crippen molar-refractivity contribution in [3.8, 4) is 5.75 Å². The third kappa shape index (κ3) is 4.44. The summed E-state index contributed by atoms with van der Waals surface area (Å²) in [5.74, 6) is -0.482. The fraction of sp³-hybridized carbons (Fsp3) is 0.444. The predicted octanol–water partition coefficient (Wildman–Crippen LogP) is 1.69. The fourth-order valence-electron chi connectivity index (χ4n) is 3.10. The van der Waals surface area contributed by atoms with Gasteiger partial charge in [-0.2, -0.15) is 0 Å². The Labute approximate surface area is 162 Å². The number of sulfone groups is 1. The first-order valence-electron chi connectivity index (χ1n) is 8.47. The normalized spacial score (nSPS) is 21.4. The molecule has 1 aromatic carbocycles.